The molecule has 130 valence electrons. The van der Waals surface area contributed by atoms with Crippen LogP contribution in [0.5, 0.6) is 0 Å². The predicted octanol–water partition coefficient (Wildman–Crippen LogP) is 3.57. The lowest BCUT2D eigenvalue weighted by Crippen LogP contribution is -2.33. The van der Waals surface area contributed by atoms with E-state index in [-0.39, 0.29) is 17.6 Å². The molecular formula is C17H14F3N3O2. The van der Waals surface area contributed by atoms with Crippen molar-refractivity contribution in [2.24, 2.45) is 0 Å². The second-order valence-corrected chi connectivity index (χ2v) is 5.74. The minimum atomic E-state index is -4.51. The number of pyridine rings is 1. The second kappa shape index (κ2) is 6.12. The van der Waals surface area contributed by atoms with Gasteiger partial charge in [-0.1, -0.05) is 6.07 Å². The topological polar surface area (TPSA) is 60.2 Å². The van der Waals surface area contributed by atoms with Crippen molar-refractivity contribution in [3.05, 3.63) is 47.8 Å². The van der Waals surface area contributed by atoms with Crippen molar-refractivity contribution >= 4 is 11.1 Å². The Bertz CT molecular complexity index is 902. The first-order valence-electron chi connectivity index (χ1n) is 7.77. The van der Waals surface area contributed by atoms with E-state index in [1.807, 2.05) is 12.1 Å². The summed E-state index contributed by atoms with van der Waals surface area (Å²) in [4.78, 5) is 7.62. The molecule has 0 spiro atoms. The van der Waals surface area contributed by atoms with Gasteiger partial charge in [-0.15, -0.1) is 0 Å². The van der Waals surface area contributed by atoms with Crippen LogP contribution in [0.15, 0.2) is 40.9 Å². The average molecular weight is 349 g/mol. The maximum atomic E-state index is 12.8. The summed E-state index contributed by atoms with van der Waals surface area (Å²) in [6, 6.07) is 7.85. The number of alkyl halides is 3. The fourth-order valence-electron chi connectivity index (χ4n) is 2.76. The zero-order chi connectivity index (χ0) is 17.4. The van der Waals surface area contributed by atoms with Crippen LogP contribution in [0.2, 0.25) is 0 Å². The zero-order valence-corrected chi connectivity index (χ0v) is 13.0. The molecule has 1 atom stereocenters. The van der Waals surface area contributed by atoms with E-state index in [1.54, 1.807) is 6.07 Å². The normalized spacial score (nSPS) is 18.6. The van der Waals surface area contributed by atoms with Gasteiger partial charge in [0.1, 0.15) is 11.2 Å². The molecule has 0 saturated carbocycles. The molecule has 0 bridgehead atoms. The highest BCUT2D eigenvalue weighted by atomic mass is 19.4. The van der Waals surface area contributed by atoms with Crippen molar-refractivity contribution in [2.75, 3.05) is 19.7 Å². The summed E-state index contributed by atoms with van der Waals surface area (Å²) in [6.07, 6.45) is -3.50. The van der Waals surface area contributed by atoms with E-state index in [0.717, 1.165) is 24.4 Å². The Morgan fingerprint density at radius 2 is 2.04 bits per heavy atom. The maximum absolute atomic E-state index is 12.8. The lowest BCUT2D eigenvalue weighted by Gasteiger charge is -2.23. The van der Waals surface area contributed by atoms with Gasteiger partial charge >= 0.3 is 6.18 Å². The van der Waals surface area contributed by atoms with Crippen LogP contribution in [0.4, 0.5) is 13.2 Å². The number of nitrogens with one attached hydrogen (secondary N) is 1. The molecule has 4 rings (SSSR count). The Morgan fingerprint density at radius 3 is 2.80 bits per heavy atom. The van der Waals surface area contributed by atoms with Gasteiger partial charge in [-0.05, 0) is 29.8 Å². The lowest BCUT2D eigenvalue weighted by molar-refractivity contribution is -0.141. The van der Waals surface area contributed by atoms with Crippen LogP contribution in [0.1, 0.15) is 17.4 Å². The summed E-state index contributed by atoms with van der Waals surface area (Å²) in [7, 11) is 0. The molecule has 2 aromatic heterocycles. The molecule has 3 aromatic rings. The van der Waals surface area contributed by atoms with Crippen molar-refractivity contribution < 1.29 is 22.3 Å². The Kier molecular flexibility index (Phi) is 3.93. The lowest BCUT2D eigenvalue weighted by atomic mass is 10.1. The first-order valence-corrected chi connectivity index (χ1v) is 7.77. The number of halogens is 3. The maximum Gasteiger partial charge on any atom is 0.433 e. The number of hydrogen-bond donors (Lipinski definition) is 1. The Hall–Kier alpha value is -2.45. The van der Waals surface area contributed by atoms with Crippen molar-refractivity contribution in [1.82, 2.24) is 15.3 Å². The van der Waals surface area contributed by atoms with Gasteiger partial charge in [0, 0.05) is 24.8 Å². The highest BCUT2D eigenvalue weighted by molar-refractivity contribution is 5.77. The van der Waals surface area contributed by atoms with Gasteiger partial charge < -0.3 is 14.5 Å². The quantitative estimate of drug-likeness (QED) is 0.766. The average Bonchev–Trinajstić information content (AvgIpc) is 3.05. The summed E-state index contributed by atoms with van der Waals surface area (Å²) >= 11 is 0. The standard InChI is InChI=1S/C17H14F3N3O2/c18-17(19,20)15-8-11(3-4-22-15)16-23-12-2-1-10(7-13(12)25-16)14-9-21-5-6-24-14/h1-4,7-8,14,21H,5-6,9H2/t14-/m0/s1. The number of nitrogens with zero attached hydrogens (tertiary/aromatic N) is 2. The minimum Gasteiger partial charge on any atom is -0.436 e. The van der Waals surface area contributed by atoms with Crippen molar-refractivity contribution in [1.29, 1.82) is 0 Å². The first-order chi connectivity index (χ1) is 12.0. The number of ether oxygens (including phenoxy) is 1. The van der Waals surface area contributed by atoms with E-state index in [0.29, 0.717) is 24.3 Å². The van der Waals surface area contributed by atoms with E-state index < -0.39 is 11.9 Å². The number of oxazole rings is 1. The fraction of sp³-hybridized carbons (Fsp3) is 0.294. The Labute approximate surface area is 140 Å². The molecule has 0 radical (unpaired) electrons. The molecule has 1 saturated heterocycles. The Morgan fingerprint density at radius 1 is 1.16 bits per heavy atom. The van der Waals surface area contributed by atoms with Crippen LogP contribution < -0.4 is 5.32 Å². The highest BCUT2D eigenvalue weighted by Crippen LogP contribution is 2.32. The first kappa shape index (κ1) is 16.0. The Balaban J connectivity index is 1.69. The van der Waals surface area contributed by atoms with E-state index in [2.05, 4.69) is 15.3 Å². The molecule has 1 aromatic carbocycles. The van der Waals surface area contributed by atoms with Crippen LogP contribution >= 0.6 is 0 Å². The number of morpholine rings is 1. The van der Waals surface area contributed by atoms with Crippen LogP contribution in [-0.4, -0.2) is 29.7 Å². The summed E-state index contributed by atoms with van der Waals surface area (Å²) < 4.78 is 49.8. The van der Waals surface area contributed by atoms with Crippen molar-refractivity contribution in [3.8, 4) is 11.5 Å². The molecule has 1 aliphatic rings. The predicted molar refractivity (Wildman–Crippen MR) is 83.8 cm³/mol. The third kappa shape index (κ3) is 3.22. The van der Waals surface area contributed by atoms with Crippen LogP contribution in [0.3, 0.4) is 0 Å². The molecular weight excluding hydrogens is 335 g/mol. The molecule has 1 fully saturated rings. The molecule has 5 nitrogen and oxygen atoms in total. The summed E-state index contributed by atoms with van der Waals surface area (Å²) in [6.45, 7) is 2.14. The summed E-state index contributed by atoms with van der Waals surface area (Å²) in [5.74, 6) is 0.128. The van der Waals surface area contributed by atoms with Crippen molar-refractivity contribution in [2.45, 2.75) is 12.3 Å². The van der Waals surface area contributed by atoms with E-state index in [1.165, 1.54) is 6.07 Å². The second-order valence-electron chi connectivity index (χ2n) is 5.74. The molecule has 25 heavy (non-hydrogen) atoms. The van der Waals surface area contributed by atoms with Crippen LogP contribution in [0.25, 0.3) is 22.6 Å². The summed E-state index contributed by atoms with van der Waals surface area (Å²) in [5, 5.41) is 3.25. The van der Waals surface area contributed by atoms with E-state index >= 15 is 0 Å². The fourth-order valence-corrected chi connectivity index (χ4v) is 2.76. The van der Waals surface area contributed by atoms with Gasteiger partial charge in [-0.25, -0.2) is 4.98 Å². The SMILES string of the molecule is FC(F)(F)c1cc(-c2nc3ccc([C@@H]4CNCCO4)cc3o2)ccn1. The number of fused-ring (bicyclic) bond motifs is 1. The van der Waals surface area contributed by atoms with Gasteiger partial charge in [-0.2, -0.15) is 13.2 Å². The number of rotatable bonds is 2. The van der Waals surface area contributed by atoms with Gasteiger partial charge in [0.15, 0.2) is 5.58 Å². The third-order valence-electron chi connectivity index (χ3n) is 4.01. The number of hydrogen-bond acceptors (Lipinski definition) is 5. The highest BCUT2D eigenvalue weighted by Gasteiger charge is 2.32. The molecule has 0 amide bonds. The molecule has 8 heteroatoms. The summed E-state index contributed by atoms with van der Waals surface area (Å²) in [5.41, 5.74) is 1.28. The molecule has 0 aliphatic carbocycles. The van der Waals surface area contributed by atoms with Crippen molar-refractivity contribution in [3.63, 3.8) is 0 Å². The largest absolute Gasteiger partial charge is 0.436 e. The minimum absolute atomic E-state index is 0.0792. The third-order valence-corrected chi connectivity index (χ3v) is 4.01. The molecule has 1 N–H and O–H groups in total. The van der Waals surface area contributed by atoms with Gasteiger partial charge in [0.2, 0.25) is 5.89 Å². The monoisotopic (exact) mass is 349 g/mol. The molecule has 3 heterocycles. The molecule has 0 unspecified atom stereocenters. The zero-order valence-electron chi connectivity index (χ0n) is 13.0. The number of benzene rings is 1. The smallest absolute Gasteiger partial charge is 0.433 e. The van der Waals surface area contributed by atoms with E-state index in [9.17, 15) is 13.2 Å². The van der Waals surface area contributed by atoms with Gasteiger partial charge in [0.25, 0.3) is 0 Å². The van der Waals surface area contributed by atoms with E-state index in [4.69, 9.17) is 9.15 Å². The van der Waals surface area contributed by atoms with Gasteiger partial charge in [0.05, 0.1) is 12.7 Å². The number of aromatic nitrogens is 2. The van der Waals surface area contributed by atoms with Crippen LogP contribution in [-0.2, 0) is 10.9 Å². The van der Waals surface area contributed by atoms with Gasteiger partial charge in [-0.3, -0.25) is 4.98 Å². The van der Waals surface area contributed by atoms with Crippen LogP contribution in [0, 0.1) is 0 Å². The molecule has 1 aliphatic heterocycles.